The fourth-order valence-electron chi connectivity index (χ4n) is 3.66. The van der Waals surface area contributed by atoms with Crippen LogP contribution in [0.2, 0.25) is 0 Å². The molecule has 0 atom stereocenters. The number of nitrogens with one attached hydrogen (secondary N) is 2. The second kappa shape index (κ2) is 12.1. The minimum absolute atomic E-state index is 0.0918. The maximum Gasteiger partial charge on any atom is 0.377 e. The Labute approximate surface area is 206 Å². The number of hydrogen-bond acceptors (Lipinski definition) is 7. The standard InChI is InChI=1S/C24H26FN3O8/c1-34-16-6-7-17(19(25)14-16)24(33)27-20-5-3-2-4-18(20)23(32)26-8-9-28(10-12-35-13-11-28)36-22(31)15-21(29)30/h2-7,14H,8-13,15H2,1H3,(H2-,26,27,29,30,32,33)/p+1. The summed E-state index contributed by atoms with van der Waals surface area (Å²) in [6.07, 6.45) is -0.769. The highest BCUT2D eigenvalue weighted by Crippen LogP contribution is 2.20. The third kappa shape index (κ3) is 6.99. The summed E-state index contributed by atoms with van der Waals surface area (Å²) in [5.41, 5.74) is 0.113. The van der Waals surface area contributed by atoms with Gasteiger partial charge in [0, 0.05) is 6.07 Å². The number of morpholine rings is 1. The van der Waals surface area contributed by atoms with Crippen molar-refractivity contribution in [1.82, 2.24) is 5.32 Å². The highest BCUT2D eigenvalue weighted by atomic mass is 19.1. The number of quaternary nitrogens is 1. The van der Waals surface area contributed by atoms with Gasteiger partial charge in [-0.15, -0.1) is 4.65 Å². The normalized spacial score (nSPS) is 14.4. The van der Waals surface area contributed by atoms with Crippen molar-refractivity contribution in [2.24, 2.45) is 0 Å². The van der Waals surface area contributed by atoms with Gasteiger partial charge in [0.2, 0.25) is 0 Å². The predicted molar refractivity (Wildman–Crippen MR) is 124 cm³/mol. The maximum atomic E-state index is 14.3. The zero-order valence-electron chi connectivity index (χ0n) is 19.6. The van der Waals surface area contributed by atoms with Gasteiger partial charge in [0.05, 0.1) is 43.7 Å². The van der Waals surface area contributed by atoms with Crippen molar-refractivity contribution in [3.63, 3.8) is 0 Å². The molecule has 2 aromatic rings. The number of methoxy groups -OCH3 is 1. The first-order valence-corrected chi connectivity index (χ1v) is 11.1. The van der Waals surface area contributed by atoms with Crippen molar-refractivity contribution in [2.45, 2.75) is 6.42 Å². The summed E-state index contributed by atoms with van der Waals surface area (Å²) >= 11 is 0. The van der Waals surface area contributed by atoms with Crippen LogP contribution in [0, 0.1) is 5.82 Å². The Morgan fingerprint density at radius 1 is 1.06 bits per heavy atom. The molecule has 11 nitrogen and oxygen atoms in total. The summed E-state index contributed by atoms with van der Waals surface area (Å²) in [5, 5.41) is 14.1. The van der Waals surface area contributed by atoms with E-state index in [-0.39, 0.29) is 40.3 Å². The Kier molecular flexibility index (Phi) is 8.92. The molecule has 3 rings (SSSR count). The van der Waals surface area contributed by atoms with Gasteiger partial charge in [0.1, 0.15) is 37.6 Å². The number of hydroxylamine groups is 3. The van der Waals surface area contributed by atoms with Gasteiger partial charge in [-0.1, -0.05) is 12.1 Å². The summed E-state index contributed by atoms with van der Waals surface area (Å²) in [6, 6.07) is 10.1. The van der Waals surface area contributed by atoms with Crippen LogP contribution >= 0.6 is 0 Å². The molecule has 36 heavy (non-hydrogen) atoms. The van der Waals surface area contributed by atoms with Gasteiger partial charge in [-0.2, -0.15) is 0 Å². The number of para-hydroxylation sites is 1. The van der Waals surface area contributed by atoms with E-state index in [1.165, 1.54) is 31.4 Å². The molecule has 1 aliphatic heterocycles. The second-order valence-corrected chi connectivity index (χ2v) is 7.98. The highest BCUT2D eigenvalue weighted by molar-refractivity contribution is 6.09. The summed E-state index contributed by atoms with van der Waals surface area (Å²) < 4.78 is 24.4. The highest BCUT2D eigenvalue weighted by Gasteiger charge is 2.36. The lowest BCUT2D eigenvalue weighted by molar-refractivity contribution is -1.09. The minimum Gasteiger partial charge on any atom is -0.497 e. The van der Waals surface area contributed by atoms with E-state index in [2.05, 4.69) is 10.6 Å². The zero-order valence-corrected chi connectivity index (χ0v) is 19.6. The fraction of sp³-hybridized carbons (Fsp3) is 0.333. The molecule has 12 heteroatoms. The number of carboxylic acid groups (broad SMARTS) is 1. The number of rotatable bonds is 10. The average Bonchev–Trinajstić information content (AvgIpc) is 2.84. The number of nitrogens with zero attached hydrogens (tertiary/aromatic N) is 1. The van der Waals surface area contributed by atoms with E-state index in [4.69, 9.17) is 19.4 Å². The molecule has 0 aromatic heterocycles. The largest absolute Gasteiger partial charge is 0.497 e. The van der Waals surface area contributed by atoms with Crippen molar-refractivity contribution >= 4 is 29.4 Å². The van der Waals surface area contributed by atoms with Crippen LogP contribution in [0.3, 0.4) is 0 Å². The van der Waals surface area contributed by atoms with E-state index < -0.39 is 36.0 Å². The lowest BCUT2D eigenvalue weighted by atomic mass is 10.1. The van der Waals surface area contributed by atoms with E-state index in [0.29, 0.717) is 26.3 Å². The van der Waals surface area contributed by atoms with Crippen molar-refractivity contribution in [1.29, 1.82) is 0 Å². The van der Waals surface area contributed by atoms with Crippen LogP contribution in [0.5, 0.6) is 5.75 Å². The van der Waals surface area contributed by atoms with E-state index in [1.807, 2.05) is 0 Å². The third-order valence-electron chi connectivity index (χ3n) is 5.52. The third-order valence-corrected chi connectivity index (χ3v) is 5.52. The molecule has 0 aliphatic carbocycles. The summed E-state index contributed by atoms with van der Waals surface area (Å²) in [4.78, 5) is 53.7. The molecule has 2 amide bonds. The number of benzene rings is 2. The molecule has 0 unspecified atom stereocenters. The van der Waals surface area contributed by atoms with Crippen LogP contribution < -0.4 is 15.4 Å². The first-order chi connectivity index (χ1) is 17.2. The number of halogens is 1. The van der Waals surface area contributed by atoms with Crippen LogP contribution in [0.25, 0.3) is 0 Å². The number of anilines is 1. The summed E-state index contributed by atoms with van der Waals surface area (Å²) in [6.45, 7) is 1.51. The number of amides is 2. The molecule has 1 saturated heterocycles. The van der Waals surface area contributed by atoms with Crippen LogP contribution in [-0.2, 0) is 19.2 Å². The number of carbonyl (C=O) groups excluding carboxylic acids is 3. The van der Waals surface area contributed by atoms with Gasteiger partial charge in [-0.25, -0.2) is 9.18 Å². The second-order valence-electron chi connectivity index (χ2n) is 7.98. The van der Waals surface area contributed by atoms with Gasteiger partial charge in [0.25, 0.3) is 11.8 Å². The van der Waals surface area contributed by atoms with Crippen LogP contribution in [-0.4, -0.2) is 80.0 Å². The quantitative estimate of drug-likeness (QED) is 0.327. The van der Waals surface area contributed by atoms with Crippen LogP contribution in [0.4, 0.5) is 10.1 Å². The van der Waals surface area contributed by atoms with Crippen molar-refractivity contribution in [3.05, 3.63) is 59.4 Å². The first kappa shape index (κ1) is 26.6. The SMILES string of the molecule is COc1ccc(C(=O)Nc2ccccc2C(=O)NCC[N+]2(OC(=O)CC(=O)O)CCOCC2)c(F)c1. The van der Waals surface area contributed by atoms with Crippen molar-refractivity contribution in [2.75, 3.05) is 51.8 Å². The smallest absolute Gasteiger partial charge is 0.377 e. The molecular formula is C24H27FN3O8+. The molecule has 0 bridgehead atoms. The lowest BCUT2D eigenvalue weighted by Crippen LogP contribution is -2.58. The average molecular weight is 504 g/mol. The van der Waals surface area contributed by atoms with Gasteiger partial charge in [-0.3, -0.25) is 19.2 Å². The molecule has 1 fully saturated rings. The number of hydrogen-bond donors (Lipinski definition) is 3. The molecule has 0 radical (unpaired) electrons. The van der Waals surface area contributed by atoms with Crippen LogP contribution in [0.15, 0.2) is 42.5 Å². The van der Waals surface area contributed by atoms with Crippen molar-refractivity contribution in [3.8, 4) is 5.75 Å². The fourth-order valence-corrected chi connectivity index (χ4v) is 3.66. The van der Waals surface area contributed by atoms with Crippen LogP contribution in [0.1, 0.15) is 27.1 Å². The molecular weight excluding hydrogens is 477 g/mol. The Hall–Kier alpha value is -4.03. The Morgan fingerprint density at radius 2 is 1.78 bits per heavy atom. The number of ether oxygens (including phenoxy) is 2. The minimum atomic E-state index is -1.30. The summed E-state index contributed by atoms with van der Waals surface area (Å²) in [7, 11) is 1.38. The topological polar surface area (TPSA) is 140 Å². The van der Waals surface area contributed by atoms with Crippen molar-refractivity contribution < 1.29 is 47.6 Å². The van der Waals surface area contributed by atoms with Gasteiger partial charge < -0.3 is 25.2 Å². The molecule has 2 aromatic carbocycles. The first-order valence-electron chi connectivity index (χ1n) is 11.1. The van der Waals surface area contributed by atoms with E-state index in [9.17, 15) is 23.6 Å². The summed E-state index contributed by atoms with van der Waals surface area (Å²) in [5.74, 6) is -3.94. The predicted octanol–water partition coefficient (Wildman–Crippen LogP) is 1.60. The maximum absolute atomic E-state index is 14.3. The molecule has 0 spiro atoms. The Bertz CT molecular complexity index is 1130. The lowest BCUT2D eigenvalue weighted by Gasteiger charge is -2.37. The van der Waals surface area contributed by atoms with E-state index in [1.54, 1.807) is 12.1 Å². The molecule has 192 valence electrons. The van der Waals surface area contributed by atoms with Gasteiger partial charge in [0.15, 0.2) is 0 Å². The number of carbonyl (C=O) groups is 4. The molecule has 1 aliphatic rings. The Morgan fingerprint density at radius 3 is 2.44 bits per heavy atom. The Balaban J connectivity index is 1.65. The van der Waals surface area contributed by atoms with E-state index in [0.717, 1.165) is 6.07 Å². The van der Waals surface area contributed by atoms with Gasteiger partial charge in [-0.05, 0) is 24.3 Å². The van der Waals surface area contributed by atoms with Gasteiger partial charge >= 0.3 is 11.9 Å². The number of aliphatic carboxylic acids is 1. The zero-order chi connectivity index (χ0) is 26.1. The molecule has 1 heterocycles. The van der Waals surface area contributed by atoms with E-state index >= 15 is 0 Å². The monoisotopic (exact) mass is 504 g/mol. The number of carboxylic acids is 1. The molecule has 3 N–H and O–H groups in total. The molecule has 0 saturated carbocycles.